The molecule has 0 amide bonds. The van der Waals surface area contributed by atoms with E-state index in [2.05, 4.69) is 67.1 Å². The minimum atomic E-state index is 0.455. The fourth-order valence-electron chi connectivity index (χ4n) is 1.75. The highest BCUT2D eigenvalue weighted by molar-refractivity contribution is 5.15. The zero-order valence-corrected chi connectivity index (χ0v) is 11.2. The van der Waals surface area contributed by atoms with Gasteiger partial charge in [0.1, 0.15) is 0 Å². The van der Waals surface area contributed by atoms with E-state index in [1.54, 1.807) is 0 Å². The van der Waals surface area contributed by atoms with Crippen LogP contribution in [0.5, 0.6) is 0 Å². The van der Waals surface area contributed by atoms with Crippen LogP contribution in [0.1, 0.15) is 18.9 Å². The lowest BCUT2D eigenvalue weighted by atomic mass is 10.1. The van der Waals surface area contributed by atoms with Gasteiger partial charge < -0.3 is 4.90 Å². The third-order valence-corrected chi connectivity index (χ3v) is 2.64. The Morgan fingerprint density at radius 2 is 1.88 bits per heavy atom. The van der Waals surface area contributed by atoms with Gasteiger partial charge in [-0.1, -0.05) is 30.3 Å². The highest BCUT2D eigenvalue weighted by Crippen LogP contribution is 2.01. The highest BCUT2D eigenvalue weighted by atomic mass is 15.4. The van der Waals surface area contributed by atoms with Gasteiger partial charge in [0, 0.05) is 12.6 Å². The molecule has 0 heterocycles. The van der Waals surface area contributed by atoms with E-state index >= 15 is 0 Å². The molecule has 0 aliphatic carbocycles. The standard InChI is InChI=1S/C14H25N3/c1-13(12-14-8-5-4-6-9-14)16-15-10-7-11-17(2)3/h4-6,8-9,13,15-16H,7,10-12H2,1-3H3/t13-/m0/s1. The van der Waals surface area contributed by atoms with Gasteiger partial charge in [-0.2, -0.15) is 0 Å². The third kappa shape index (κ3) is 7.10. The van der Waals surface area contributed by atoms with Gasteiger partial charge in [0.25, 0.3) is 0 Å². The summed E-state index contributed by atoms with van der Waals surface area (Å²) in [7, 11) is 4.21. The van der Waals surface area contributed by atoms with Crippen LogP contribution in [0, 0.1) is 0 Å². The lowest BCUT2D eigenvalue weighted by Gasteiger charge is -2.15. The van der Waals surface area contributed by atoms with Crippen LogP contribution in [-0.2, 0) is 6.42 Å². The quantitative estimate of drug-likeness (QED) is 0.530. The fraction of sp³-hybridized carbons (Fsp3) is 0.571. The van der Waals surface area contributed by atoms with Gasteiger partial charge in [-0.25, -0.2) is 0 Å². The minimum Gasteiger partial charge on any atom is -0.309 e. The summed E-state index contributed by atoms with van der Waals surface area (Å²) in [6.45, 7) is 4.34. The molecule has 0 radical (unpaired) electrons. The molecule has 3 heteroatoms. The largest absolute Gasteiger partial charge is 0.309 e. The van der Waals surface area contributed by atoms with Crippen LogP contribution >= 0.6 is 0 Å². The highest BCUT2D eigenvalue weighted by Gasteiger charge is 2.01. The Morgan fingerprint density at radius 1 is 1.18 bits per heavy atom. The smallest absolute Gasteiger partial charge is 0.0225 e. The number of rotatable bonds is 8. The first-order valence-corrected chi connectivity index (χ1v) is 6.35. The summed E-state index contributed by atoms with van der Waals surface area (Å²) in [4.78, 5) is 2.20. The Balaban J connectivity index is 2.07. The van der Waals surface area contributed by atoms with Crippen molar-refractivity contribution in [2.45, 2.75) is 25.8 Å². The molecule has 1 aromatic carbocycles. The molecule has 0 saturated heterocycles. The average molecular weight is 235 g/mol. The molecule has 0 aliphatic heterocycles. The Hall–Kier alpha value is -0.900. The van der Waals surface area contributed by atoms with Gasteiger partial charge in [0.15, 0.2) is 0 Å². The fourth-order valence-corrected chi connectivity index (χ4v) is 1.75. The second-order valence-electron chi connectivity index (χ2n) is 4.82. The zero-order valence-electron chi connectivity index (χ0n) is 11.2. The molecule has 0 saturated carbocycles. The van der Waals surface area contributed by atoms with E-state index < -0.39 is 0 Å². The van der Waals surface area contributed by atoms with Crippen LogP contribution in [0.4, 0.5) is 0 Å². The Bertz CT molecular complexity index is 285. The van der Waals surface area contributed by atoms with E-state index in [1.807, 2.05) is 0 Å². The van der Waals surface area contributed by atoms with Crippen LogP contribution in [0.3, 0.4) is 0 Å². The Morgan fingerprint density at radius 3 is 2.53 bits per heavy atom. The molecular formula is C14H25N3. The summed E-state index contributed by atoms with van der Waals surface area (Å²) in [5.74, 6) is 0. The van der Waals surface area contributed by atoms with Gasteiger partial charge >= 0.3 is 0 Å². The molecule has 0 aromatic heterocycles. The maximum Gasteiger partial charge on any atom is 0.0225 e. The summed E-state index contributed by atoms with van der Waals surface area (Å²) >= 11 is 0. The van der Waals surface area contributed by atoms with E-state index in [9.17, 15) is 0 Å². The maximum absolute atomic E-state index is 3.34. The van der Waals surface area contributed by atoms with Crippen molar-refractivity contribution in [1.29, 1.82) is 0 Å². The lowest BCUT2D eigenvalue weighted by Crippen LogP contribution is -2.41. The van der Waals surface area contributed by atoms with Crippen molar-refractivity contribution in [3.63, 3.8) is 0 Å². The second kappa shape index (κ2) is 8.23. The molecule has 1 atom stereocenters. The third-order valence-electron chi connectivity index (χ3n) is 2.64. The molecule has 0 fully saturated rings. The van der Waals surface area contributed by atoms with Crippen LogP contribution in [0.25, 0.3) is 0 Å². The number of nitrogens with zero attached hydrogens (tertiary/aromatic N) is 1. The van der Waals surface area contributed by atoms with Gasteiger partial charge in [0.2, 0.25) is 0 Å². The van der Waals surface area contributed by atoms with Crippen molar-refractivity contribution in [3.05, 3.63) is 35.9 Å². The molecule has 1 rings (SSSR count). The summed E-state index contributed by atoms with van der Waals surface area (Å²) in [5, 5.41) is 0. The van der Waals surface area contributed by atoms with Gasteiger partial charge in [-0.3, -0.25) is 10.9 Å². The SMILES string of the molecule is C[C@@H](Cc1ccccc1)NNCCCN(C)C. The topological polar surface area (TPSA) is 27.3 Å². The monoisotopic (exact) mass is 235 g/mol. The first-order valence-electron chi connectivity index (χ1n) is 6.35. The molecule has 0 spiro atoms. The molecule has 0 aliphatic rings. The van der Waals surface area contributed by atoms with Crippen molar-refractivity contribution in [3.8, 4) is 0 Å². The lowest BCUT2D eigenvalue weighted by molar-refractivity contribution is 0.375. The number of hydrogen-bond donors (Lipinski definition) is 2. The zero-order chi connectivity index (χ0) is 12.5. The van der Waals surface area contributed by atoms with Crippen LogP contribution in [0.15, 0.2) is 30.3 Å². The number of benzene rings is 1. The molecule has 17 heavy (non-hydrogen) atoms. The van der Waals surface area contributed by atoms with E-state index in [0.717, 1.165) is 25.9 Å². The molecule has 96 valence electrons. The molecule has 2 N–H and O–H groups in total. The second-order valence-corrected chi connectivity index (χ2v) is 4.82. The van der Waals surface area contributed by atoms with E-state index in [1.165, 1.54) is 5.56 Å². The number of nitrogens with one attached hydrogen (secondary N) is 2. The van der Waals surface area contributed by atoms with Crippen molar-refractivity contribution < 1.29 is 0 Å². The summed E-state index contributed by atoms with van der Waals surface area (Å²) in [6, 6.07) is 11.0. The van der Waals surface area contributed by atoms with E-state index in [-0.39, 0.29) is 0 Å². The van der Waals surface area contributed by atoms with Crippen LogP contribution in [-0.4, -0.2) is 38.1 Å². The van der Waals surface area contributed by atoms with E-state index in [0.29, 0.717) is 6.04 Å². The van der Waals surface area contributed by atoms with Gasteiger partial charge in [0.05, 0.1) is 0 Å². The van der Waals surface area contributed by atoms with Gasteiger partial charge in [-0.05, 0) is 46.0 Å². The maximum atomic E-state index is 3.34. The summed E-state index contributed by atoms with van der Waals surface area (Å²) in [5.41, 5.74) is 8.00. The average Bonchev–Trinajstić information content (AvgIpc) is 2.29. The first-order chi connectivity index (χ1) is 8.18. The normalized spacial score (nSPS) is 12.9. The number of hydrazine groups is 1. The van der Waals surface area contributed by atoms with Crippen molar-refractivity contribution in [1.82, 2.24) is 15.8 Å². The molecule has 0 unspecified atom stereocenters. The molecule has 0 bridgehead atoms. The predicted molar refractivity (Wildman–Crippen MR) is 73.9 cm³/mol. The van der Waals surface area contributed by atoms with Crippen LogP contribution < -0.4 is 10.9 Å². The number of hydrogen-bond acceptors (Lipinski definition) is 3. The molecule has 1 aromatic rings. The first kappa shape index (κ1) is 14.2. The summed E-state index contributed by atoms with van der Waals surface area (Å²) in [6.07, 6.45) is 2.22. The molecular weight excluding hydrogens is 210 g/mol. The van der Waals surface area contributed by atoms with E-state index in [4.69, 9.17) is 0 Å². The van der Waals surface area contributed by atoms with Gasteiger partial charge in [-0.15, -0.1) is 0 Å². The minimum absolute atomic E-state index is 0.455. The summed E-state index contributed by atoms with van der Waals surface area (Å²) < 4.78 is 0. The molecule has 3 nitrogen and oxygen atoms in total. The van der Waals surface area contributed by atoms with Crippen molar-refractivity contribution in [2.75, 3.05) is 27.2 Å². The van der Waals surface area contributed by atoms with Crippen LogP contribution in [0.2, 0.25) is 0 Å². The van der Waals surface area contributed by atoms with Crippen molar-refractivity contribution >= 4 is 0 Å². The predicted octanol–water partition coefficient (Wildman–Crippen LogP) is 1.66. The Kier molecular flexibility index (Phi) is 6.86. The Labute approximate surface area is 105 Å². The van der Waals surface area contributed by atoms with Crippen molar-refractivity contribution in [2.24, 2.45) is 0 Å².